The van der Waals surface area contributed by atoms with Gasteiger partial charge in [-0.2, -0.15) is 0 Å². The van der Waals surface area contributed by atoms with Crippen LogP contribution in [0.3, 0.4) is 0 Å². The topological polar surface area (TPSA) is 53.4 Å². The maximum Gasteiger partial charge on any atom is 0.410 e. The Bertz CT molecular complexity index is 585. The van der Waals surface area contributed by atoms with Crippen LogP contribution in [-0.2, 0) is 4.74 Å². The van der Waals surface area contributed by atoms with E-state index in [0.717, 1.165) is 18.4 Å². The van der Waals surface area contributed by atoms with Crippen molar-refractivity contribution >= 4 is 11.8 Å². The Kier molecular flexibility index (Phi) is 5.81. The number of hydrogen-bond acceptors (Lipinski definition) is 3. The van der Waals surface area contributed by atoms with Gasteiger partial charge in [0.25, 0.3) is 0 Å². The molecule has 1 saturated heterocycles. The lowest BCUT2D eigenvalue weighted by Crippen LogP contribution is -2.43. The van der Waals surface area contributed by atoms with Crippen LogP contribution in [0.25, 0.3) is 0 Å². The van der Waals surface area contributed by atoms with E-state index in [-0.39, 0.29) is 17.9 Å². The molecule has 1 unspecified atom stereocenters. The molecule has 0 aromatic heterocycles. The summed E-state index contributed by atoms with van der Waals surface area (Å²) in [5, 5.41) is 8.54. The number of allylic oxidation sites excluding steroid dienone is 7. The van der Waals surface area contributed by atoms with Gasteiger partial charge >= 0.3 is 6.09 Å². The van der Waals surface area contributed by atoms with Crippen molar-refractivity contribution in [1.82, 2.24) is 4.90 Å². The molecule has 24 heavy (non-hydrogen) atoms. The van der Waals surface area contributed by atoms with Crippen LogP contribution in [0.15, 0.2) is 48.6 Å². The van der Waals surface area contributed by atoms with Gasteiger partial charge in [0, 0.05) is 30.6 Å². The van der Waals surface area contributed by atoms with Crippen LogP contribution in [0.1, 0.15) is 33.6 Å². The van der Waals surface area contributed by atoms with Gasteiger partial charge < -0.3 is 15.0 Å². The first-order valence-electron chi connectivity index (χ1n) is 8.56. The molecule has 0 spiro atoms. The van der Waals surface area contributed by atoms with Crippen molar-refractivity contribution in [1.29, 1.82) is 5.41 Å². The Hall–Kier alpha value is -2.10. The minimum absolute atomic E-state index is 0.164. The molecule has 1 heterocycles. The minimum atomic E-state index is -0.469. The summed E-state index contributed by atoms with van der Waals surface area (Å²) in [5.41, 5.74) is 1.15. The fraction of sp³-hybridized carbons (Fsp3) is 0.500. The maximum atomic E-state index is 12.1. The standard InChI is InChI=1S/C20H28N2O2/c1-5-15-8-6-7-9-17(14-15)18(21)16-10-12-22(13-11-16)19(23)24-20(2,3)4/h5-9,14-16,21H,1,10-13H2,2-4H3. The largest absolute Gasteiger partial charge is 0.444 e. The highest BCUT2D eigenvalue weighted by Crippen LogP contribution is 2.25. The molecule has 0 saturated carbocycles. The number of ether oxygens (including phenoxy) is 1. The van der Waals surface area contributed by atoms with E-state index in [4.69, 9.17) is 10.1 Å². The summed E-state index contributed by atoms with van der Waals surface area (Å²) in [5.74, 6) is 0.348. The summed E-state index contributed by atoms with van der Waals surface area (Å²) >= 11 is 0. The molecule has 1 amide bonds. The minimum Gasteiger partial charge on any atom is -0.444 e. The quantitative estimate of drug-likeness (QED) is 0.612. The summed E-state index contributed by atoms with van der Waals surface area (Å²) < 4.78 is 5.43. The highest BCUT2D eigenvalue weighted by Gasteiger charge is 2.29. The zero-order chi connectivity index (χ0) is 17.7. The molecule has 1 fully saturated rings. The molecule has 1 atom stereocenters. The van der Waals surface area contributed by atoms with Crippen LogP contribution in [0.5, 0.6) is 0 Å². The van der Waals surface area contributed by atoms with E-state index in [1.807, 2.05) is 45.1 Å². The first-order chi connectivity index (χ1) is 11.3. The highest BCUT2D eigenvalue weighted by atomic mass is 16.6. The molecule has 4 nitrogen and oxygen atoms in total. The lowest BCUT2D eigenvalue weighted by Gasteiger charge is -2.33. The van der Waals surface area contributed by atoms with Crippen molar-refractivity contribution in [2.24, 2.45) is 11.8 Å². The Labute approximate surface area is 145 Å². The van der Waals surface area contributed by atoms with Crippen LogP contribution in [0.2, 0.25) is 0 Å². The predicted molar refractivity (Wildman–Crippen MR) is 98.3 cm³/mol. The lowest BCUT2D eigenvalue weighted by atomic mass is 9.87. The molecule has 0 aromatic carbocycles. The molecule has 1 N–H and O–H groups in total. The van der Waals surface area contributed by atoms with Crippen molar-refractivity contribution in [2.45, 2.75) is 39.2 Å². The van der Waals surface area contributed by atoms with E-state index in [9.17, 15) is 4.79 Å². The Morgan fingerprint density at radius 3 is 2.58 bits per heavy atom. The number of carbonyl (C=O) groups is 1. The normalized spacial score (nSPS) is 21.9. The average Bonchev–Trinajstić information content (AvgIpc) is 2.78. The summed E-state index contributed by atoms with van der Waals surface area (Å²) in [6, 6.07) is 0. The molecule has 0 aromatic rings. The van der Waals surface area contributed by atoms with Gasteiger partial charge in [0.1, 0.15) is 5.60 Å². The molecular weight excluding hydrogens is 300 g/mol. The monoisotopic (exact) mass is 328 g/mol. The van der Waals surface area contributed by atoms with Crippen LogP contribution in [0.4, 0.5) is 4.79 Å². The Morgan fingerprint density at radius 1 is 1.33 bits per heavy atom. The van der Waals surface area contributed by atoms with E-state index in [1.54, 1.807) is 4.90 Å². The fourth-order valence-electron chi connectivity index (χ4n) is 2.91. The van der Waals surface area contributed by atoms with Crippen molar-refractivity contribution in [3.63, 3.8) is 0 Å². The number of amides is 1. The third-order valence-corrected chi connectivity index (χ3v) is 4.23. The first kappa shape index (κ1) is 18.2. The number of nitrogens with zero attached hydrogens (tertiary/aromatic N) is 1. The van der Waals surface area contributed by atoms with Gasteiger partial charge in [0.15, 0.2) is 0 Å². The fourth-order valence-corrected chi connectivity index (χ4v) is 2.91. The number of likely N-dealkylation sites (tertiary alicyclic amines) is 1. The Morgan fingerprint density at radius 2 is 2.00 bits per heavy atom. The Balaban J connectivity index is 1.94. The van der Waals surface area contributed by atoms with Gasteiger partial charge in [-0.05, 0) is 39.2 Å². The zero-order valence-electron chi connectivity index (χ0n) is 14.9. The van der Waals surface area contributed by atoms with Crippen LogP contribution in [0, 0.1) is 17.2 Å². The summed E-state index contributed by atoms with van der Waals surface area (Å²) in [4.78, 5) is 13.9. The molecule has 4 heteroatoms. The summed E-state index contributed by atoms with van der Waals surface area (Å²) in [6.45, 7) is 10.8. The maximum absolute atomic E-state index is 12.1. The van der Waals surface area contributed by atoms with Crippen molar-refractivity contribution in [3.05, 3.63) is 48.6 Å². The molecule has 1 aliphatic carbocycles. The van der Waals surface area contributed by atoms with E-state index in [1.165, 1.54) is 0 Å². The second kappa shape index (κ2) is 7.65. The van der Waals surface area contributed by atoms with Gasteiger partial charge in [0.2, 0.25) is 0 Å². The number of piperidine rings is 1. The molecule has 2 rings (SSSR count). The van der Waals surface area contributed by atoms with Crippen molar-refractivity contribution in [2.75, 3.05) is 13.1 Å². The molecule has 130 valence electrons. The number of rotatable bonds is 3. The molecule has 0 bridgehead atoms. The van der Waals surface area contributed by atoms with Crippen LogP contribution >= 0.6 is 0 Å². The summed E-state index contributed by atoms with van der Waals surface area (Å²) in [7, 11) is 0. The first-order valence-corrected chi connectivity index (χ1v) is 8.56. The van der Waals surface area contributed by atoms with Crippen LogP contribution < -0.4 is 0 Å². The molecular formula is C20H28N2O2. The molecule has 1 aliphatic heterocycles. The van der Waals surface area contributed by atoms with Gasteiger partial charge in [-0.1, -0.05) is 36.5 Å². The van der Waals surface area contributed by atoms with Gasteiger partial charge in [-0.3, -0.25) is 0 Å². The SMILES string of the molecule is C=CC1C=CC=CC(C(=N)C2CCN(C(=O)OC(C)(C)C)CC2)=C1. The average molecular weight is 328 g/mol. The number of hydrogen-bond donors (Lipinski definition) is 1. The van der Waals surface area contributed by atoms with Crippen molar-refractivity contribution in [3.8, 4) is 0 Å². The second-order valence-corrected chi connectivity index (χ2v) is 7.33. The van der Waals surface area contributed by atoms with Gasteiger partial charge in [-0.15, -0.1) is 6.58 Å². The van der Waals surface area contributed by atoms with Crippen LogP contribution in [-0.4, -0.2) is 35.4 Å². The smallest absolute Gasteiger partial charge is 0.410 e. The predicted octanol–water partition coefficient (Wildman–Crippen LogP) is 4.51. The number of carbonyl (C=O) groups excluding carboxylic acids is 1. The second-order valence-electron chi connectivity index (χ2n) is 7.33. The highest BCUT2D eigenvalue weighted by molar-refractivity contribution is 6.02. The van der Waals surface area contributed by atoms with E-state index >= 15 is 0 Å². The van der Waals surface area contributed by atoms with Gasteiger partial charge in [0.05, 0.1) is 0 Å². The third-order valence-electron chi connectivity index (χ3n) is 4.23. The third kappa shape index (κ3) is 4.95. The molecule has 2 aliphatic rings. The number of nitrogens with one attached hydrogen (secondary N) is 1. The van der Waals surface area contributed by atoms with E-state index in [0.29, 0.717) is 18.8 Å². The van der Waals surface area contributed by atoms with Gasteiger partial charge in [-0.25, -0.2) is 4.79 Å². The molecule has 0 radical (unpaired) electrons. The zero-order valence-corrected chi connectivity index (χ0v) is 14.9. The van der Waals surface area contributed by atoms with E-state index < -0.39 is 5.60 Å². The van der Waals surface area contributed by atoms with Crippen molar-refractivity contribution < 1.29 is 9.53 Å². The summed E-state index contributed by atoms with van der Waals surface area (Å²) in [6.07, 6.45) is 13.3. The van der Waals surface area contributed by atoms with E-state index in [2.05, 4.69) is 18.7 Å². The lowest BCUT2D eigenvalue weighted by molar-refractivity contribution is 0.0201.